The van der Waals surface area contributed by atoms with Gasteiger partial charge in [0.05, 0.1) is 6.10 Å². The first-order valence-electron chi connectivity index (χ1n) is 11.0. The Morgan fingerprint density at radius 3 is 2.38 bits per heavy atom. The zero-order valence-corrected chi connectivity index (χ0v) is 21.3. The summed E-state index contributed by atoms with van der Waals surface area (Å²) in [6, 6.07) is 7.78. The van der Waals surface area contributed by atoms with Gasteiger partial charge in [0.2, 0.25) is 0 Å². The van der Waals surface area contributed by atoms with E-state index in [-0.39, 0.29) is 16.6 Å². The lowest BCUT2D eigenvalue weighted by molar-refractivity contribution is 0.0990. The zero-order valence-electron chi connectivity index (χ0n) is 20.3. The van der Waals surface area contributed by atoms with Gasteiger partial charge in [-0.15, -0.1) is 0 Å². The molecule has 0 spiro atoms. The summed E-state index contributed by atoms with van der Waals surface area (Å²) in [5.74, 6) is 0.780. The van der Waals surface area contributed by atoms with E-state index >= 15 is 0 Å². The van der Waals surface area contributed by atoms with Crippen molar-refractivity contribution < 1.29 is 9.53 Å². The molecule has 2 atom stereocenters. The molecule has 0 saturated carbocycles. The molecule has 2 nitrogen and oxygen atoms in total. The minimum absolute atomic E-state index is 0.111. The maximum atomic E-state index is 10.2. The summed E-state index contributed by atoms with van der Waals surface area (Å²) < 4.78 is 7.08. The molecule has 1 N–H and O–H groups in total. The zero-order chi connectivity index (χ0) is 22.2. The second kappa shape index (κ2) is 8.43. The Kier molecular flexibility index (Phi) is 6.96. The van der Waals surface area contributed by atoms with Crippen molar-refractivity contribution >= 4 is 13.9 Å². The molecule has 1 aromatic rings. The summed E-state index contributed by atoms with van der Waals surface area (Å²) in [6.45, 7) is 22.9. The summed E-state index contributed by atoms with van der Waals surface area (Å²) in [7, 11) is -1.92. The topological polar surface area (TPSA) is 29.5 Å². The summed E-state index contributed by atoms with van der Waals surface area (Å²) in [5, 5.41) is 10.4. The molecule has 0 bridgehead atoms. The van der Waals surface area contributed by atoms with Gasteiger partial charge in [0.15, 0.2) is 8.32 Å². The fourth-order valence-corrected chi connectivity index (χ4v) is 5.52. The van der Waals surface area contributed by atoms with Crippen molar-refractivity contribution in [3.05, 3.63) is 47.1 Å². The first-order valence-corrected chi connectivity index (χ1v) is 13.9. The number of aromatic hydroxyl groups is 1. The number of hydrogen-bond donors (Lipinski definition) is 1. The highest BCUT2D eigenvalue weighted by Gasteiger charge is 2.50. The van der Waals surface area contributed by atoms with E-state index in [1.54, 1.807) is 6.07 Å². The average molecular weight is 415 g/mol. The Labute approximate surface area is 180 Å². The van der Waals surface area contributed by atoms with Crippen LogP contribution in [0.2, 0.25) is 18.1 Å². The Hall–Kier alpha value is -1.32. The van der Waals surface area contributed by atoms with Crippen LogP contribution < -0.4 is 0 Å². The van der Waals surface area contributed by atoms with Crippen LogP contribution in [-0.2, 0) is 4.43 Å². The molecule has 0 heterocycles. The lowest BCUT2D eigenvalue weighted by Crippen LogP contribution is -2.47. The number of rotatable bonds is 6. The lowest BCUT2D eigenvalue weighted by Gasteiger charge is -2.44. The van der Waals surface area contributed by atoms with E-state index in [0.717, 1.165) is 18.4 Å². The van der Waals surface area contributed by atoms with Crippen LogP contribution in [0.1, 0.15) is 73.8 Å². The smallest absolute Gasteiger partial charge is 0.192 e. The molecule has 0 saturated heterocycles. The number of benzene rings is 1. The predicted molar refractivity (Wildman–Crippen MR) is 129 cm³/mol. The van der Waals surface area contributed by atoms with Gasteiger partial charge in [0.25, 0.3) is 0 Å². The molecule has 162 valence electrons. The van der Waals surface area contributed by atoms with Crippen molar-refractivity contribution in [1.82, 2.24) is 0 Å². The van der Waals surface area contributed by atoms with Crippen LogP contribution >= 0.6 is 0 Å². The highest BCUT2D eigenvalue weighted by molar-refractivity contribution is 6.74. The fraction of sp³-hybridized carbons (Fsp3) is 0.615. The number of allylic oxidation sites excluding steroid dienone is 2. The van der Waals surface area contributed by atoms with Crippen LogP contribution in [0, 0.1) is 11.3 Å². The predicted octanol–water partition coefficient (Wildman–Crippen LogP) is 7.96. The molecule has 0 unspecified atom stereocenters. The second-order valence-corrected chi connectivity index (χ2v) is 15.8. The van der Waals surface area contributed by atoms with Gasteiger partial charge in [-0.2, -0.15) is 0 Å². The van der Waals surface area contributed by atoms with Crippen LogP contribution in [0.25, 0.3) is 5.57 Å². The monoisotopic (exact) mass is 414 g/mol. The first-order chi connectivity index (χ1) is 13.2. The second-order valence-electron chi connectivity index (χ2n) is 11.1. The van der Waals surface area contributed by atoms with Crippen molar-refractivity contribution in [2.45, 2.75) is 92.5 Å². The van der Waals surface area contributed by atoms with Gasteiger partial charge in [-0.1, -0.05) is 70.9 Å². The number of phenols is 1. The van der Waals surface area contributed by atoms with E-state index in [0.29, 0.717) is 11.7 Å². The SMILES string of the molecule is CC(C)=CC[C@]1(C)C(c2cccc(O)c2)=C(C(C)C)C[C@H]1O[Si](C)(C)C(C)(C)C. The Bertz CT molecular complexity index is 791. The number of hydrogen-bond acceptors (Lipinski definition) is 2. The molecule has 1 aliphatic rings. The maximum absolute atomic E-state index is 10.2. The Morgan fingerprint density at radius 2 is 1.90 bits per heavy atom. The van der Waals surface area contributed by atoms with Crippen LogP contribution in [0.3, 0.4) is 0 Å². The van der Waals surface area contributed by atoms with Gasteiger partial charge in [0.1, 0.15) is 5.75 Å². The van der Waals surface area contributed by atoms with Crippen molar-refractivity contribution in [2.24, 2.45) is 11.3 Å². The normalized spacial score (nSPS) is 23.1. The molecule has 0 fully saturated rings. The molecule has 0 radical (unpaired) electrons. The molecular formula is C26H42O2Si. The Morgan fingerprint density at radius 1 is 1.28 bits per heavy atom. The quantitative estimate of drug-likeness (QED) is 0.378. The van der Waals surface area contributed by atoms with Crippen molar-refractivity contribution in [2.75, 3.05) is 0 Å². The van der Waals surface area contributed by atoms with Crippen LogP contribution in [-0.4, -0.2) is 19.5 Å². The van der Waals surface area contributed by atoms with Crippen LogP contribution in [0.5, 0.6) is 5.75 Å². The maximum Gasteiger partial charge on any atom is 0.192 e. The summed E-state index contributed by atoms with van der Waals surface area (Å²) in [4.78, 5) is 0. The third-order valence-electron chi connectivity index (χ3n) is 7.02. The average Bonchev–Trinajstić information content (AvgIpc) is 2.85. The third-order valence-corrected chi connectivity index (χ3v) is 11.5. The molecule has 0 amide bonds. The van der Waals surface area contributed by atoms with E-state index in [9.17, 15) is 5.11 Å². The van der Waals surface area contributed by atoms with Gasteiger partial charge in [-0.05, 0) is 74.0 Å². The van der Waals surface area contributed by atoms with Gasteiger partial charge < -0.3 is 9.53 Å². The van der Waals surface area contributed by atoms with Crippen molar-refractivity contribution in [1.29, 1.82) is 0 Å². The van der Waals surface area contributed by atoms with E-state index in [2.05, 4.69) is 80.6 Å². The summed E-state index contributed by atoms with van der Waals surface area (Å²) >= 11 is 0. The van der Waals surface area contributed by atoms with E-state index in [1.807, 2.05) is 12.1 Å². The third kappa shape index (κ3) is 5.06. The van der Waals surface area contributed by atoms with Crippen molar-refractivity contribution in [3.8, 4) is 5.75 Å². The van der Waals surface area contributed by atoms with Gasteiger partial charge >= 0.3 is 0 Å². The van der Waals surface area contributed by atoms with Gasteiger partial charge in [-0.3, -0.25) is 0 Å². The highest BCUT2D eigenvalue weighted by Crippen LogP contribution is 2.56. The van der Waals surface area contributed by atoms with Crippen molar-refractivity contribution in [3.63, 3.8) is 0 Å². The van der Waals surface area contributed by atoms with Gasteiger partial charge in [-0.25, -0.2) is 0 Å². The van der Waals surface area contributed by atoms with Crippen LogP contribution in [0.4, 0.5) is 0 Å². The fourth-order valence-electron chi connectivity index (χ4n) is 4.11. The first kappa shape index (κ1) is 24.0. The molecule has 2 rings (SSSR count). The molecule has 1 aromatic carbocycles. The minimum atomic E-state index is -1.92. The van der Waals surface area contributed by atoms with E-state index in [4.69, 9.17) is 4.43 Å². The Balaban J connectivity index is 2.63. The lowest BCUT2D eigenvalue weighted by atomic mass is 9.74. The molecule has 3 heteroatoms. The standard InChI is InChI=1S/C26H42O2Si/c1-18(2)14-15-26(8)23(28-29(9,10)25(5,6)7)17-22(19(3)4)24(26)20-12-11-13-21(27)16-20/h11-14,16,19,23,27H,15,17H2,1-10H3/t23-,26+/m1/s1. The molecule has 0 aromatic heterocycles. The number of phenolic OH excluding ortho intramolecular Hbond substituents is 1. The summed E-state index contributed by atoms with van der Waals surface area (Å²) in [6.07, 6.45) is 4.44. The largest absolute Gasteiger partial charge is 0.508 e. The summed E-state index contributed by atoms with van der Waals surface area (Å²) in [5.41, 5.74) is 5.22. The highest BCUT2D eigenvalue weighted by atomic mass is 28.4. The molecule has 0 aliphatic heterocycles. The molecule has 1 aliphatic carbocycles. The molecular weight excluding hydrogens is 372 g/mol. The van der Waals surface area contributed by atoms with Gasteiger partial charge in [0, 0.05) is 5.41 Å². The minimum Gasteiger partial charge on any atom is -0.508 e. The molecule has 29 heavy (non-hydrogen) atoms. The van der Waals surface area contributed by atoms with Crippen LogP contribution in [0.15, 0.2) is 41.5 Å². The van der Waals surface area contributed by atoms with E-state index in [1.165, 1.54) is 16.7 Å². The van der Waals surface area contributed by atoms with E-state index < -0.39 is 8.32 Å².